The molecule has 1 amide bonds. The Bertz CT molecular complexity index is 640. The molecular weight excluding hydrogens is 332 g/mol. The molecule has 1 aromatic carbocycles. The highest BCUT2D eigenvalue weighted by Gasteiger charge is 2.37. The van der Waals surface area contributed by atoms with Gasteiger partial charge >= 0.3 is 0 Å². The van der Waals surface area contributed by atoms with Gasteiger partial charge in [0.15, 0.2) is 0 Å². The average Bonchev–Trinajstić information content (AvgIpc) is 2.69. The van der Waals surface area contributed by atoms with Crippen LogP contribution in [0.5, 0.6) is 5.75 Å². The van der Waals surface area contributed by atoms with Crippen molar-refractivity contribution in [3.8, 4) is 5.75 Å². The number of carbonyl (C=O) groups excluding carboxylic acids is 2. The van der Waals surface area contributed by atoms with Crippen LogP contribution in [0, 0.1) is 6.92 Å². The van der Waals surface area contributed by atoms with Crippen LogP contribution in [0.4, 0.5) is 5.69 Å². The lowest BCUT2D eigenvalue weighted by atomic mass is 10.0. The van der Waals surface area contributed by atoms with Gasteiger partial charge < -0.3 is 20.1 Å². The Kier molecular flexibility index (Phi) is 6.38. The van der Waals surface area contributed by atoms with Crippen molar-refractivity contribution in [3.05, 3.63) is 23.3 Å². The van der Waals surface area contributed by atoms with Crippen LogP contribution in [0.1, 0.15) is 36.7 Å². The minimum atomic E-state index is -0.690. The van der Waals surface area contributed by atoms with Crippen molar-refractivity contribution in [3.63, 3.8) is 0 Å². The molecule has 1 aliphatic rings. The van der Waals surface area contributed by atoms with E-state index in [2.05, 4.69) is 5.32 Å². The molecular formula is C17H25ClN2O4. The molecule has 1 heterocycles. The predicted molar refractivity (Wildman–Crippen MR) is 95.4 cm³/mol. The number of aliphatic hydroxyl groups is 1. The molecule has 7 heteroatoms. The van der Waals surface area contributed by atoms with Gasteiger partial charge in [0.25, 0.3) is 11.7 Å². The molecule has 6 nitrogen and oxygen atoms in total. The van der Waals surface area contributed by atoms with E-state index in [0.717, 1.165) is 5.56 Å². The van der Waals surface area contributed by atoms with Crippen LogP contribution in [0.3, 0.4) is 0 Å². The van der Waals surface area contributed by atoms with E-state index in [1.54, 1.807) is 26.1 Å². The van der Waals surface area contributed by atoms with Crippen LogP contribution >= 0.6 is 12.4 Å². The van der Waals surface area contributed by atoms with Gasteiger partial charge in [0, 0.05) is 19.1 Å². The van der Waals surface area contributed by atoms with Gasteiger partial charge in [-0.2, -0.15) is 0 Å². The Morgan fingerprint density at radius 1 is 1.29 bits per heavy atom. The molecule has 2 rings (SSSR count). The molecule has 0 aliphatic carbocycles. The highest BCUT2D eigenvalue weighted by atomic mass is 35.5. The molecule has 0 bridgehead atoms. The van der Waals surface area contributed by atoms with E-state index in [-0.39, 0.29) is 24.6 Å². The number of aryl methyl sites for hydroxylation is 1. The number of Topliss-reactive ketones (excluding diaryl/α,β-unsaturated/α-hetero) is 1. The van der Waals surface area contributed by atoms with Gasteiger partial charge in [0.2, 0.25) is 0 Å². The van der Waals surface area contributed by atoms with E-state index in [0.29, 0.717) is 23.5 Å². The molecule has 0 aromatic heterocycles. The standard InChI is InChI=1S/C17H24N2O4.ClH/c1-10-6-7-12(14-13(10)15(21)16(22)19(14)5)23-9-11(20)8-18-17(2,3)4;/h6-7,11,18,20H,8-9H2,1-5H3;1H. The van der Waals surface area contributed by atoms with Crippen molar-refractivity contribution in [1.82, 2.24) is 5.32 Å². The van der Waals surface area contributed by atoms with Crippen molar-refractivity contribution >= 4 is 29.8 Å². The zero-order valence-corrected chi connectivity index (χ0v) is 15.5. The van der Waals surface area contributed by atoms with Crippen LogP contribution in [0.2, 0.25) is 0 Å². The number of hydrogen-bond donors (Lipinski definition) is 2. The van der Waals surface area contributed by atoms with Crippen LogP contribution in [-0.4, -0.2) is 48.6 Å². The first-order valence-electron chi connectivity index (χ1n) is 7.63. The van der Waals surface area contributed by atoms with E-state index in [1.807, 2.05) is 20.8 Å². The lowest BCUT2D eigenvalue weighted by Gasteiger charge is -2.23. The number of nitrogens with one attached hydrogen (secondary N) is 1. The number of anilines is 1. The van der Waals surface area contributed by atoms with Crippen LogP contribution in [0.15, 0.2) is 12.1 Å². The minimum absolute atomic E-state index is 0. The van der Waals surface area contributed by atoms with Crippen molar-refractivity contribution in [2.45, 2.75) is 39.3 Å². The zero-order chi connectivity index (χ0) is 17.4. The molecule has 134 valence electrons. The molecule has 1 atom stereocenters. The van der Waals surface area contributed by atoms with Crippen LogP contribution in [0.25, 0.3) is 0 Å². The third-order valence-electron chi connectivity index (χ3n) is 3.71. The smallest absolute Gasteiger partial charge is 0.299 e. The summed E-state index contributed by atoms with van der Waals surface area (Å²) in [6.07, 6.45) is -0.690. The van der Waals surface area contributed by atoms with Crippen LogP contribution in [-0.2, 0) is 4.79 Å². The minimum Gasteiger partial charge on any atom is -0.489 e. The maximum Gasteiger partial charge on any atom is 0.299 e. The van der Waals surface area contributed by atoms with Gasteiger partial charge in [-0.05, 0) is 39.3 Å². The first-order chi connectivity index (χ1) is 10.6. The second-order valence-electron chi connectivity index (χ2n) is 6.89. The number of hydrogen-bond acceptors (Lipinski definition) is 5. The third-order valence-corrected chi connectivity index (χ3v) is 3.71. The number of ketones is 1. The maximum absolute atomic E-state index is 12.0. The maximum atomic E-state index is 12.0. The normalized spacial score (nSPS) is 15.2. The van der Waals surface area contributed by atoms with E-state index < -0.39 is 17.8 Å². The highest BCUT2D eigenvalue weighted by molar-refractivity contribution is 6.52. The number of likely N-dealkylation sites (N-methyl/N-ethyl adjacent to an activating group) is 1. The molecule has 0 saturated carbocycles. The Balaban J connectivity index is 0.00000288. The number of aliphatic hydroxyl groups excluding tert-OH is 1. The van der Waals surface area contributed by atoms with Gasteiger partial charge in [-0.3, -0.25) is 9.59 Å². The third kappa shape index (κ3) is 4.26. The fraction of sp³-hybridized carbons (Fsp3) is 0.529. The summed E-state index contributed by atoms with van der Waals surface area (Å²) in [6.45, 7) is 8.30. The Morgan fingerprint density at radius 2 is 1.92 bits per heavy atom. The van der Waals surface area contributed by atoms with E-state index in [9.17, 15) is 14.7 Å². The Labute approximate surface area is 148 Å². The van der Waals surface area contributed by atoms with Crippen molar-refractivity contribution in [2.75, 3.05) is 25.1 Å². The average molecular weight is 357 g/mol. The molecule has 24 heavy (non-hydrogen) atoms. The number of fused-ring (bicyclic) bond motifs is 1. The second kappa shape index (κ2) is 7.51. The molecule has 2 N–H and O–H groups in total. The second-order valence-corrected chi connectivity index (χ2v) is 6.89. The van der Waals surface area contributed by atoms with E-state index >= 15 is 0 Å². The molecule has 1 aliphatic heterocycles. The summed E-state index contributed by atoms with van der Waals surface area (Å²) >= 11 is 0. The summed E-state index contributed by atoms with van der Waals surface area (Å²) in [5.74, 6) is -0.642. The first-order valence-corrected chi connectivity index (χ1v) is 7.63. The van der Waals surface area contributed by atoms with Crippen molar-refractivity contribution < 1.29 is 19.4 Å². The Hall–Kier alpha value is -1.63. The molecule has 1 unspecified atom stereocenters. The fourth-order valence-electron chi connectivity index (χ4n) is 2.44. The van der Waals surface area contributed by atoms with Gasteiger partial charge in [-0.25, -0.2) is 0 Å². The number of β-amino-alcohol motifs (C(OH)–C–C–N with tert-alkyl or cyclic N) is 1. The lowest BCUT2D eigenvalue weighted by Crippen LogP contribution is -2.42. The zero-order valence-electron chi connectivity index (χ0n) is 14.7. The number of halogens is 1. The van der Waals surface area contributed by atoms with Gasteiger partial charge in [0.1, 0.15) is 18.5 Å². The van der Waals surface area contributed by atoms with E-state index in [1.165, 1.54) is 4.90 Å². The summed E-state index contributed by atoms with van der Waals surface area (Å²) in [5, 5.41) is 13.2. The van der Waals surface area contributed by atoms with Crippen molar-refractivity contribution in [2.24, 2.45) is 0 Å². The van der Waals surface area contributed by atoms with Gasteiger partial charge in [-0.1, -0.05) is 6.07 Å². The number of amides is 1. The number of benzene rings is 1. The monoisotopic (exact) mass is 356 g/mol. The molecule has 0 radical (unpaired) electrons. The number of rotatable bonds is 5. The van der Waals surface area contributed by atoms with Crippen LogP contribution < -0.4 is 15.0 Å². The first kappa shape index (κ1) is 20.4. The molecule has 0 saturated heterocycles. The predicted octanol–water partition coefficient (Wildman–Crippen LogP) is 1.70. The lowest BCUT2D eigenvalue weighted by molar-refractivity contribution is -0.114. The number of nitrogens with zero attached hydrogens (tertiary/aromatic N) is 1. The summed E-state index contributed by atoms with van der Waals surface area (Å²) < 4.78 is 5.66. The van der Waals surface area contributed by atoms with Crippen molar-refractivity contribution in [1.29, 1.82) is 0 Å². The van der Waals surface area contributed by atoms with E-state index in [4.69, 9.17) is 4.74 Å². The Morgan fingerprint density at radius 3 is 2.50 bits per heavy atom. The molecule has 1 aromatic rings. The molecule has 0 spiro atoms. The SMILES string of the molecule is Cc1ccc(OCC(O)CNC(C)(C)C)c2c1C(=O)C(=O)N2C.Cl. The summed E-state index contributed by atoms with van der Waals surface area (Å²) in [6, 6.07) is 3.47. The quantitative estimate of drug-likeness (QED) is 0.785. The molecule has 0 fully saturated rings. The topological polar surface area (TPSA) is 78.9 Å². The summed E-state index contributed by atoms with van der Waals surface area (Å²) in [5.41, 5.74) is 1.52. The highest BCUT2D eigenvalue weighted by Crippen LogP contribution is 2.38. The summed E-state index contributed by atoms with van der Waals surface area (Å²) in [7, 11) is 1.55. The van der Waals surface area contributed by atoms with Gasteiger partial charge in [0.05, 0.1) is 11.3 Å². The van der Waals surface area contributed by atoms with Gasteiger partial charge in [-0.15, -0.1) is 12.4 Å². The number of carbonyl (C=O) groups is 2. The number of ether oxygens (including phenoxy) is 1. The summed E-state index contributed by atoms with van der Waals surface area (Å²) in [4.78, 5) is 25.2. The largest absolute Gasteiger partial charge is 0.489 e. The fourth-order valence-corrected chi connectivity index (χ4v) is 2.44.